The maximum atomic E-state index is 13.4. The van der Waals surface area contributed by atoms with Crippen molar-refractivity contribution in [3.05, 3.63) is 35.4 Å². The van der Waals surface area contributed by atoms with Gasteiger partial charge in [-0.1, -0.05) is 0 Å². The fourth-order valence-corrected chi connectivity index (χ4v) is 4.24. The second kappa shape index (κ2) is 5.41. The fourth-order valence-electron chi connectivity index (χ4n) is 4.24. The first-order valence-electron chi connectivity index (χ1n) is 8.14. The summed E-state index contributed by atoms with van der Waals surface area (Å²) in [5.74, 6) is -2.42. The number of carboxylic acid groups (broad SMARTS) is 1. The summed E-state index contributed by atoms with van der Waals surface area (Å²) in [5.41, 5.74) is -1.17. The first kappa shape index (κ1) is 17.6. The summed E-state index contributed by atoms with van der Waals surface area (Å²) in [5, 5.41) is 11.9. The van der Waals surface area contributed by atoms with Gasteiger partial charge in [-0.15, -0.1) is 0 Å². The third-order valence-corrected chi connectivity index (χ3v) is 5.07. The van der Waals surface area contributed by atoms with Crippen molar-refractivity contribution in [1.29, 1.82) is 0 Å². The molecule has 0 saturated heterocycles. The van der Waals surface area contributed by atoms with Crippen LogP contribution >= 0.6 is 0 Å². The molecular weight excluding hydrogens is 332 g/mol. The molecule has 1 unspecified atom stereocenters. The Balaban J connectivity index is 1.71. The molecule has 0 aliphatic heterocycles. The van der Waals surface area contributed by atoms with Gasteiger partial charge in [-0.3, -0.25) is 0 Å². The molecule has 1 aromatic rings. The summed E-state index contributed by atoms with van der Waals surface area (Å²) >= 11 is 0. The number of benzene rings is 1. The van der Waals surface area contributed by atoms with Crippen molar-refractivity contribution in [2.75, 3.05) is 0 Å². The lowest BCUT2D eigenvalue weighted by Gasteiger charge is -2.72. The first-order valence-corrected chi connectivity index (χ1v) is 8.14. The highest BCUT2D eigenvalue weighted by atomic mass is 19.1. The Kier molecular flexibility index (Phi) is 3.82. The van der Waals surface area contributed by atoms with E-state index in [1.807, 2.05) is 0 Å². The second-order valence-electron chi connectivity index (χ2n) is 8.25. The zero-order chi connectivity index (χ0) is 18.6. The normalized spacial score (nSPS) is 28.4. The third kappa shape index (κ3) is 3.07. The number of carbonyl (C=O) groups excluding carboxylic acids is 1. The summed E-state index contributed by atoms with van der Waals surface area (Å²) in [4.78, 5) is 23.5. The number of nitrogens with one attached hydrogen (secondary N) is 1. The Labute approximate surface area is 144 Å². The minimum Gasteiger partial charge on any atom is -0.480 e. The summed E-state index contributed by atoms with van der Waals surface area (Å²) in [6, 6.07) is 2.32. The van der Waals surface area contributed by atoms with Crippen molar-refractivity contribution in [3.63, 3.8) is 0 Å². The van der Waals surface area contributed by atoms with Crippen LogP contribution < -0.4 is 5.32 Å². The number of hydrogen-bond acceptors (Lipinski definition) is 3. The maximum Gasteiger partial charge on any atom is 0.408 e. The van der Waals surface area contributed by atoms with Crippen molar-refractivity contribution in [1.82, 2.24) is 5.32 Å². The molecule has 0 aromatic heterocycles. The highest BCUT2D eigenvalue weighted by molar-refractivity contribution is 5.82. The summed E-state index contributed by atoms with van der Waals surface area (Å²) in [6.07, 6.45) is 0.622. The van der Waals surface area contributed by atoms with Crippen LogP contribution in [-0.2, 0) is 14.9 Å². The van der Waals surface area contributed by atoms with Gasteiger partial charge in [-0.2, -0.15) is 0 Å². The molecule has 0 spiro atoms. The van der Waals surface area contributed by atoms with E-state index in [1.165, 1.54) is 12.1 Å². The zero-order valence-electron chi connectivity index (χ0n) is 14.4. The smallest absolute Gasteiger partial charge is 0.408 e. The number of alkyl carbamates (subject to hydrolysis) is 1. The van der Waals surface area contributed by atoms with E-state index >= 15 is 0 Å². The van der Waals surface area contributed by atoms with E-state index in [-0.39, 0.29) is 0 Å². The molecule has 2 bridgehead atoms. The molecule has 7 heteroatoms. The highest BCUT2D eigenvalue weighted by Gasteiger charge is 2.72. The molecule has 3 aliphatic rings. The number of aliphatic carboxylic acids is 1. The Bertz CT molecular complexity index is 701. The largest absolute Gasteiger partial charge is 0.480 e. The van der Waals surface area contributed by atoms with Crippen molar-refractivity contribution < 1.29 is 28.2 Å². The zero-order valence-corrected chi connectivity index (χ0v) is 14.4. The molecule has 1 amide bonds. The Morgan fingerprint density at radius 2 is 1.68 bits per heavy atom. The van der Waals surface area contributed by atoms with Crippen LogP contribution in [0.4, 0.5) is 13.6 Å². The van der Waals surface area contributed by atoms with Gasteiger partial charge in [0.1, 0.15) is 23.3 Å². The van der Waals surface area contributed by atoms with E-state index in [2.05, 4.69) is 5.32 Å². The van der Waals surface area contributed by atoms with Gasteiger partial charge in [0.2, 0.25) is 0 Å². The van der Waals surface area contributed by atoms with Crippen LogP contribution in [0.3, 0.4) is 0 Å². The number of ether oxygens (including phenoxy) is 1. The molecule has 2 N–H and O–H groups in total. The molecule has 0 radical (unpaired) electrons. The molecule has 136 valence electrons. The highest BCUT2D eigenvalue weighted by Crippen LogP contribution is 2.75. The van der Waals surface area contributed by atoms with Crippen LogP contribution in [0.25, 0.3) is 0 Å². The minimum atomic E-state index is -1.13. The summed E-state index contributed by atoms with van der Waals surface area (Å²) in [6.45, 7) is 5.07. The molecule has 0 heterocycles. The number of carbonyl (C=O) groups is 2. The standard InChI is InChI=1S/C18H21F2NO4/c1-16(2,3)25-15(24)21-13(14(22)23)18-7-17(8-18,9-18)10-4-11(19)6-12(20)5-10/h4-6,13H,7-9H2,1-3H3,(H,21,24)(H,22,23). The van der Waals surface area contributed by atoms with Crippen LogP contribution in [0.1, 0.15) is 45.6 Å². The Morgan fingerprint density at radius 1 is 1.16 bits per heavy atom. The lowest BCUT2D eigenvalue weighted by molar-refractivity contribution is -0.183. The summed E-state index contributed by atoms with van der Waals surface area (Å²) in [7, 11) is 0. The van der Waals surface area contributed by atoms with Gasteiger partial charge in [0.25, 0.3) is 0 Å². The van der Waals surface area contributed by atoms with Gasteiger partial charge in [-0.05, 0) is 63.1 Å². The van der Waals surface area contributed by atoms with Crippen LogP contribution in [-0.4, -0.2) is 28.8 Å². The van der Waals surface area contributed by atoms with Crippen LogP contribution in [0.2, 0.25) is 0 Å². The third-order valence-electron chi connectivity index (χ3n) is 5.07. The molecule has 4 rings (SSSR count). The number of halogens is 2. The predicted octanol–water partition coefficient (Wildman–Crippen LogP) is 3.36. The first-order chi connectivity index (χ1) is 11.4. The topological polar surface area (TPSA) is 75.6 Å². The van der Waals surface area contributed by atoms with E-state index in [0.717, 1.165) is 6.07 Å². The SMILES string of the molecule is CC(C)(C)OC(=O)NC(C(=O)O)C12CC(c3cc(F)cc(F)c3)(C1)C2. The molecule has 1 atom stereocenters. The lowest BCUT2D eigenvalue weighted by atomic mass is 9.31. The Hall–Kier alpha value is -2.18. The van der Waals surface area contributed by atoms with Crippen molar-refractivity contribution in [3.8, 4) is 0 Å². The number of rotatable bonds is 4. The molecule has 3 aliphatic carbocycles. The molecule has 25 heavy (non-hydrogen) atoms. The molecule has 3 saturated carbocycles. The second-order valence-corrected chi connectivity index (χ2v) is 8.25. The molecule has 3 fully saturated rings. The van der Waals surface area contributed by atoms with E-state index in [1.54, 1.807) is 20.8 Å². The van der Waals surface area contributed by atoms with Gasteiger partial charge in [0, 0.05) is 11.5 Å². The van der Waals surface area contributed by atoms with Gasteiger partial charge < -0.3 is 15.2 Å². The number of hydrogen-bond donors (Lipinski definition) is 2. The predicted molar refractivity (Wildman–Crippen MR) is 85.1 cm³/mol. The number of amides is 1. The van der Waals surface area contributed by atoms with Crippen LogP contribution in [0.5, 0.6) is 0 Å². The van der Waals surface area contributed by atoms with Gasteiger partial charge in [0.15, 0.2) is 0 Å². The monoisotopic (exact) mass is 353 g/mol. The van der Waals surface area contributed by atoms with Crippen LogP contribution in [0, 0.1) is 17.0 Å². The van der Waals surface area contributed by atoms with Gasteiger partial charge in [-0.25, -0.2) is 18.4 Å². The van der Waals surface area contributed by atoms with Crippen LogP contribution in [0.15, 0.2) is 18.2 Å². The van der Waals surface area contributed by atoms with E-state index in [0.29, 0.717) is 24.8 Å². The van der Waals surface area contributed by atoms with E-state index in [4.69, 9.17) is 4.74 Å². The number of carboxylic acids is 1. The van der Waals surface area contributed by atoms with Crippen molar-refractivity contribution in [2.24, 2.45) is 5.41 Å². The quantitative estimate of drug-likeness (QED) is 0.870. The minimum absolute atomic E-state index is 0.397. The lowest BCUT2D eigenvalue weighted by Crippen LogP contribution is -2.73. The fraction of sp³-hybridized carbons (Fsp3) is 0.556. The van der Waals surface area contributed by atoms with Crippen molar-refractivity contribution in [2.45, 2.75) is 57.1 Å². The average Bonchev–Trinajstić information content (AvgIpc) is 2.30. The Morgan fingerprint density at radius 3 is 2.12 bits per heavy atom. The molecular formula is C18H21F2NO4. The van der Waals surface area contributed by atoms with E-state index < -0.39 is 46.2 Å². The van der Waals surface area contributed by atoms with E-state index in [9.17, 15) is 23.5 Å². The average molecular weight is 353 g/mol. The maximum absolute atomic E-state index is 13.4. The van der Waals surface area contributed by atoms with Gasteiger partial charge in [0.05, 0.1) is 0 Å². The molecule has 1 aromatic carbocycles. The van der Waals surface area contributed by atoms with Gasteiger partial charge >= 0.3 is 12.1 Å². The molecule has 5 nitrogen and oxygen atoms in total. The van der Waals surface area contributed by atoms with Crippen molar-refractivity contribution >= 4 is 12.1 Å². The summed E-state index contributed by atoms with van der Waals surface area (Å²) < 4.78 is 32.0.